The number of H-pyrrole nitrogens is 1. The van der Waals surface area contributed by atoms with Crippen LogP contribution in [0, 0.1) is 5.92 Å². The number of aromatic nitrogens is 2. The summed E-state index contributed by atoms with van der Waals surface area (Å²) in [5.41, 5.74) is 5.23. The number of benzene rings is 1. The van der Waals surface area contributed by atoms with E-state index < -0.39 is 17.2 Å². The maximum Gasteiger partial charge on any atom is 0.330 e. The van der Waals surface area contributed by atoms with Gasteiger partial charge < -0.3 is 15.4 Å². The molecule has 164 valence electrons. The molecule has 1 amide bonds. The number of aromatic amines is 1. The zero-order valence-corrected chi connectivity index (χ0v) is 18.7. The summed E-state index contributed by atoms with van der Waals surface area (Å²) in [7, 11) is 1.54. The summed E-state index contributed by atoms with van der Waals surface area (Å²) in [5, 5.41) is 0.693. The van der Waals surface area contributed by atoms with E-state index >= 15 is 0 Å². The number of rotatable bonds is 9. The fraction of sp³-hybridized carbons (Fsp3) is 0.450. The molecule has 8 nitrogen and oxygen atoms in total. The number of nitrogens with two attached hydrogens (primary N) is 1. The minimum absolute atomic E-state index is 0.0616. The van der Waals surface area contributed by atoms with E-state index in [0.717, 1.165) is 0 Å². The molecule has 0 spiro atoms. The monoisotopic (exact) mass is 456 g/mol. The Morgan fingerprint density at radius 1 is 1.27 bits per heavy atom. The molecule has 0 radical (unpaired) electrons. The van der Waals surface area contributed by atoms with Crippen LogP contribution in [0.25, 0.3) is 0 Å². The molecular formula is C20H26Cl2N4O4. The zero-order valence-electron chi connectivity index (χ0n) is 17.2. The first-order valence-electron chi connectivity index (χ1n) is 9.52. The minimum atomic E-state index is -0.728. The third-order valence-electron chi connectivity index (χ3n) is 4.45. The smallest absolute Gasteiger partial charge is 0.330 e. The van der Waals surface area contributed by atoms with Gasteiger partial charge in [0.2, 0.25) is 5.91 Å². The largest absolute Gasteiger partial charge is 0.385 e. The van der Waals surface area contributed by atoms with Gasteiger partial charge in [0.1, 0.15) is 5.82 Å². The van der Waals surface area contributed by atoms with Crippen LogP contribution in [0.5, 0.6) is 0 Å². The van der Waals surface area contributed by atoms with Gasteiger partial charge in [-0.3, -0.25) is 19.1 Å². The fourth-order valence-electron chi connectivity index (χ4n) is 3.06. The molecule has 1 aromatic carbocycles. The molecule has 0 fully saturated rings. The molecule has 0 atom stereocenters. The highest BCUT2D eigenvalue weighted by Gasteiger charge is 2.25. The fourth-order valence-corrected chi connectivity index (χ4v) is 3.59. The number of nitrogen functional groups attached to an aromatic ring is 1. The van der Waals surface area contributed by atoms with Gasteiger partial charge in [0.15, 0.2) is 5.69 Å². The quantitative estimate of drug-likeness (QED) is 0.563. The van der Waals surface area contributed by atoms with E-state index in [1.807, 2.05) is 13.8 Å². The van der Waals surface area contributed by atoms with Crippen LogP contribution in [0.2, 0.25) is 10.0 Å². The molecule has 0 saturated carbocycles. The van der Waals surface area contributed by atoms with E-state index in [9.17, 15) is 14.4 Å². The Bertz CT molecular complexity index is 997. The van der Waals surface area contributed by atoms with E-state index in [4.69, 9.17) is 33.7 Å². The summed E-state index contributed by atoms with van der Waals surface area (Å²) in [5.74, 6) is -0.384. The number of halogens is 2. The number of anilines is 2. The van der Waals surface area contributed by atoms with Crippen molar-refractivity contribution >= 4 is 40.6 Å². The molecule has 30 heavy (non-hydrogen) atoms. The van der Waals surface area contributed by atoms with Crippen LogP contribution in [0.4, 0.5) is 11.5 Å². The highest BCUT2D eigenvalue weighted by Crippen LogP contribution is 2.26. The van der Waals surface area contributed by atoms with Crippen molar-refractivity contribution in [3.63, 3.8) is 0 Å². The van der Waals surface area contributed by atoms with Crippen molar-refractivity contribution in [1.82, 2.24) is 9.55 Å². The lowest BCUT2D eigenvalue weighted by Crippen LogP contribution is -2.42. The number of methoxy groups -OCH3 is 1. The minimum Gasteiger partial charge on any atom is -0.385 e. The lowest BCUT2D eigenvalue weighted by Gasteiger charge is -2.25. The van der Waals surface area contributed by atoms with E-state index in [1.54, 1.807) is 25.3 Å². The van der Waals surface area contributed by atoms with E-state index in [0.29, 0.717) is 35.2 Å². The van der Waals surface area contributed by atoms with Crippen molar-refractivity contribution in [3.05, 3.63) is 54.6 Å². The molecular weight excluding hydrogens is 431 g/mol. The van der Waals surface area contributed by atoms with Gasteiger partial charge in [-0.05, 0) is 30.0 Å². The number of ether oxygens (including phenoxy) is 1. The Morgan fingerprint density at radius 3 is 2.47 bits per heavy atom. The molecule has 0 aliphatic rings. The number of nitrogens with zero attached hydrogens (tertiary/aromatic N) is 2. The topological polar surface area (TPSA) is 110 Å². The lowest BCUT2D eigenvalue weighted by molar-refractivity contribution is -0.118. The number of hydrogen-bond donors (Lipinski definition) is 2. The van der Waals surface area contributed by atoms with Crippen LogP contribution in [-0.2, 0) is 22.5 Å². The molecule has 3 N–H and O–H groups in total. The Hall–Kier alpha value is -2.29. The normalized spacial score (nSPS) is 11.1. The van der Waals surface area contributed by atoms with Gasteiger partial charge in [-0.15, -0.1) is 0 Å². The van der Waals surface area contributed by atoms with Crippen LogP contribution in [0.15, 0.2) is 27.8 Å². The molecule has 1 heterocycles. The summed E-state index contributed by atoms with van der Waals surface area (Å²) < 4.78 is 6.33. The molecule has 0 aliphatic heterocycles. The maximum absolute atomic E-state index is 13.2. The number of amides is 1. The van der Waals surface area contributed by atoms with Crippen molar-refractivity contribution in [2.45, 2.75) is 33.2 Å². The Labute approximate surface area is 184 Å². The van der Waals surface area contributed by atoms with Gasteiger partial charge in [0, 0.05) is 36.9 Å². The Kier molecular flexibility index (Phi) is 8.52. The highest BCUT2D eigenvalue weighted by molar-refractivity contribution is 6.36. The van der Waals surface area contributed by atoms with Crippen LogP contribution < -0.4 is 21.9 Å². The second kappa shape index (κ2) is 10.7. The summed E-state index contributed by atoms with van der Waals surface area (Å²) >= 11 is 12.4. The third-order valence-corrected chi connectivity index (χ3v) is 5.16. The molecule has 0 unspecified atom stereocenters. The molecule has 10 heteroatoms. The third kappa shape index (κ3) is 5.65. The Morgan fingerprint density at radius 2 is 1.90 bits per heavy atom. The van der Waals surface area contributed by atoms with Crippen LogP contribution in [0.1, 0.15) is 25.8 Å². The number of carbonyl (C=O) groups is 1. The van der Waals surface area contributed by atoms with Gasteiger partial charge >= 0.3 is 5.69 Å². The lowest BCUT2D eigenvalue weighted by atomic mass is 10.1. The van der Waals surface area contributed by atoms with Gasteiger partial charge in [-0.25, -0.2) is 4.79 Å². The van der Waals surface area contributed by atoms with Gasteiger partial charge in [0.05, 0.1) is 6.42 Å². The molecule has 0 aliphatic carbocycles. The van der Waals surface area contributed by atoms with Crippen LogP contribution >= 0.6 is 23.2 Å². The summed E-state index contributed by atoms with van der Waals surface area (Å²) in [6.45, 7) is 4.67. The number of nitrogens with one attached hydrogen (secondary N) is 1. The number of hydrogen-bond acceptors (Lipinski definition) is 5. The molecule has 0 bridgehead atoms. The van der Waals surface area contributed by atoms with Crippen molar-refractivity contribution < 1.29 is 9.53 Å². The summed E-state index contributed by atoms with van der Waals surface area (Å²) in [4.78, 5) is 41.6. The van der Waals surface area contributed by atoms with Crippen molar-refractivity contribution in [2.24, 2.45) is 5.92 Å². The average Bonchev–Trinajstić information content (AvgIpc) is 2.66. The summed E-state index contributed by atoms with van der Waals surface area (Å²) in [6, 6.07) is 4.95. The first kappa shape index (κ1) is 24.0. The predicted molar refractivity (Wildman–Crippen MR) is 120 cm³/mol. The second-order valence-electron chi connectivity index (χ2n) is 7.27. The van der Waals surface area contributed by atoms with Gasteiger partial charge in [-0.2, -0.15) is 0 Å². The van der Waals surface area contributed by atoms with Crippen molar-refractivity contribution in [1.29, 1.82) is 0 Å². The van der Waals surface area contributed by atoms with E-state index in [-0.39, 0.29) is 30.4 Å². The van der Waals surface area contributed by atoms with Gasteiger partial charge in [0.25, 0.3) is 5.56 Å². The number of carbonyl (C=O) groups excluding carboxylic acids is 1. The first-order valence-corrected chi connectivity index (χ1v) is 10.3. The predicted octanol–water partition coefficient (Wildman–Crippen LogP) is 2.69. The average molecular weight is 457 g/mol. The SMILES string of the molecule is COCCCN(C(=O)Cc1c(Cl)cccc1Cl)c1c(N)n(CC(C)C)c(=O)[nH]c1=O. The van der Waals surface area contributed by atoms with Crippen LogP contribution in [-0.4, -0.2) is 35.7 Å². The zero-order chi connectivity index (χ0) is 22.4. The Balaban J connectivity index is 2.52. The maximum atomic E-state index is 13.2. The summed E-state index contributed by atoms with van der Waals surface area (Å²) in [6.07, 6.45) is 0.328. The molecule has 1 aromatic heterocycles. The molecule has 2 rings (SSSR count). The first-order chi connectivity index (χ1) is 14.2. The van der Waals surface area contributed by atoms with Gasteiger partial charge in [-0.1, -0.05) is 43.1 Å². The van der Waals surface area contributed by atoms with Crippen molar-refractivity contribution in [2.75, 3.05) is 30.9 Å². The molecule has 0 saturated heterocycles. The second-order valence-corrected chi connectivity index (χ2v) is 8.08. The van der Waals surface area contributed by atoms with Crippen molar-refractivity contribution in [3.8, 4) is 0 Å². The van der Waals surface area contributed by atoms with E-state index in [2.05, 4.69) is 4.98 Å². The van der Waals surface area contributed by atoms with E-state index in [1.165, 1.54) is 9.47 Å². The van der Waals surface area contributed by atoms with Crippen LogP contribution in [0.3, 0.4) is 0 Å². The standard InChI is InChI=1S/C20H26Cl2N4O4/c1-12(2)11-26-18(23)17(19(28)24-20(26)29)25(8-5-9-30-3)16(27)10-13-14(21)6-4-7-15(13)22/h4,6-7,12H,5,8-11,23H2,1-3H3,(H,24,28,29). The molecule has 2 aromatic rings. The highest BCUT2D eigenvalue weighted by atomic mass is 35.5.